The van der Waals surface area contributed by atoms with Crippen molar-refractivity contribution in [3.05, 3.63) is 22.4 Å². The maximum Gasteiger partial charge on any atom is 0.0115 e. The van der Waals surface area contributed by atoms with Crippen LogP contribution in [0.15, 0.2) is 17.5 Å². The summed E-state index contributed by atoms with van der Waals surface area (Å²) in [5.41, 5.74) is 0.252. The summed E-state index contributed by atoms with van der Waals surface area (Å²) in [7, 11) is 1.98. The molecule has 0 fully saturated rings. The van der Waals surface area contributed by atoms with E-state index in [1.54, 1.807) is 0 Å². The van der Waals surface area contributed by atoms with Crippen molar-refractivity contribution in [3.8, 4) is 0 Å². The van der Waals surface area contributed by atoms with Crippen molar-refractivity contribution in [2.24, 2.45) is 0 Å². The zero-order chi connectivity index (χ0) is 10.4. The van der Waals surface area contributed by atoms with Gasteiger partial charge in [-0.05, 0) is 18.5 Å². The predicted octanol–water partition coefficient (Wildman–Crippen LogP) is 1.83. The van der Waals surface area contributed by atoms with Gasteiger partial charge in [0.15, 0.2) is 0 Å². The van der Waals surface area contributed by atoms with E-state index in [0.717, 1.165) is 19.6 Å². The van der Waals surface area contributed by atoms with Crippen LogP contribution >= 0.6 is 11.3 Å². The van der Waals surface area contributed by atoms with Gasteiger partial charge in [-0.3, -0.25) is 0 Å². The van der Waals surface area contributed by atoms with Crippen LogP contribution in [-0.2, 0) is 5.41 Å². The average Bonchev–Trinajstić information content (AvgIpc) is 2.65. The smallest absolute Gasteiger partial charge is 0.0115 e. The summed E-state index contributed by atoms with van der Waals surface area (Å²) in [6, 6.07) is 4.33. The Morgan fingerprint density at radius 2 is 2.14 bits per heavy atom. The van der Waals surface area contributed by atoms with Gasteiger partial charge >= 0.3 is 0 Å². The molecule has 1 aromatic rings. The van der Waals surface area contributed by atoms with Gasteiger partial charge in [-0.2, -0.15) is 0 Å². The fourth-order valence-electron chi connectivity index (χ4n) is 1.37. The van der Waals surface area contributed by atoms with E-state index in [1.807, 2.05) is 18.4 Å². The monoisotopic (exact) mass is 212 g/mol. The van der Waals surface area contributed by atoms with E-state index in [0.29, 0.717) is 0 Å². The number of thiophene rings is 1. The van der Waals surface area contributed by atoms with Crippen molar-refractivity contribution in [2.45, 2.75) is 19.3 Å². The molecule has 0 aliphatic carbocycles. The number of hydrogen-bond acceptors (Lipinski definition) is 3. The zero-order valence-corrected chi connectivity index (χ0v) is 10.1. The Bertz CT molecular complexity index is 242. The third kappa shape index (κ3) is 3.40. The summed E-state index contributed by atoms with van der Waals surface area (Å²) < 4.78 is 0. The van der Waals surface area contributed by atoms with Gasteiger partial charge in [-0.1, -0.05) is 19.9 Å². The third-order valence-corrected chi connectivity index (χ3v) is 3.54. The summed E-state index contributed by atoms with van der Waals surface area (Å²) in [5, 5.41) is 8.73. The van der Waals surface area contributed by atoms with Gasteiger partial charge in [0.2, 0.25) is 0 Å². The molecule has 1 rings (SSSR count). The van der Waals surface area contributed by atoms with E-state index in [2.05, 4.69) is 42.0 Å². The van der Waals surface area contributed by atoms with Crippen LogP contribution in [0.1, 0.15) is 18.7 Å². The van der Waals surface area contributed by atoms with E-state index < -0.39 is 0 Å². The van der Waals surface area contributed by atoms with Crippen molar-refractivity contribution in [1.29, 1.82) is 0 Å². The highest BCUT2D eigenvalue weighted by molar-refractivity contribution is 7.10. The second-order valence-electron chi connectivity index (χ2n) is 4.14. The van der Waals surface area contributed by atoms with Gasteiger partial charge in [-0.25, -0.2) is 0 Å². The summed E-state index contributed by atoms with van der Waals surface area (Å²) in [6.07, 6.45) is 0. The first-order valence-corrected chi connectivity index (χ1v) is 5.94. The fourth-order valence-corrected chi connectivity index (χ4v) is 2.22. The number of nitrogens with one attached hydrogen (secondary N) is 2. The first-order valence-electron chi connectivity index (χ1n) is 5.06. The molecule has 3 heteroatoms. The largest absolute Gasteiger partial charge is 0.318 e. The SMILES string of the molecule is CNCCNCC(C)(C)c1cccs1. The Balaban J connectivity index is 2.35. The first-order chi connectivity index (χ1) is 6.67. The van der Waals surface area contributed by atoms with Crippen LogP contribution in [0.2, 0.25) is 0 Å². The minimum absolute atomic E-state index is 0.252. The molecule has 0 bridgehead atoms. The summed E-state index contributed by atoms with van der Waals surface area (Å²) in [4.78, 5) is 1.45. The van der Waals surface area contributed by atoms with Crippen LogP contribution in [0.3, 0.4) is 0 Å². The van der Waals surface area contributed by atoms with E-state index in [-0.39, 0.29) is 5.41 Å². The minimum atomic E-state index is 0.252. The number of likely N-dealkylation sites (N-methyl/N-ethyl adjacent to an activating group) is 1. The maximum absolute atomic E-state index is 3.46. The number of hydrogen-bond donors (Lipinski definition) is 2. The van der Waals surface area contributed by atoms with Crippen LogP contribution < -0.4 is 10.6 Å². The Kier molecular flexibility index (Phi) is 4.58. The van der Waals surface area contributed by atoms with Gasteiger partial charge < -0.3 is 10.6 Å². The topological polar surface area (TPSA) is 24.1 Å². The minimum Gasteiger partial charge on any atom is -0.318 e. The lowest BCUT2D eigenvalue weighted by Gasteiger charge is -2.23. The summed E-state index contributed by atoms with van der Waals surface area (Å²) in [5.74, 6) is 0. The maximum atomic E-state index is 3.46. The molecule has 2 nitrogen and oxygen atoms in total. The normalized spacial score (nSPS) is 11.9. The Labute approximate surface area is 90.7 Å². The average molecular weight is 212 g/mol. The van der Waals surface area contributed by atoms with Crippen LogP contribution in [0.5, 0.6) is 0 Å². The standard InChI is InChI=1S/C11H20N2S/c1-11(2,9-13-7-6-12-3)10-5-4-8-14-10/h4-5,8,12-13H,6-7,9H2,1-3H3. The van der Waals surface area contributed by atoms with Crippen LogP contribution in [0.4, 0.5) is 0 Å². The second-order valence-corrected chi connectivity index (χ2v) is 5.09. The molecule has 1 aromatic heterocycles. The van der Waals surface area contributed by atoms with Crippen LogP contribution in [-0.4, -0.2) is 26.7 Å². The van der Waals surface area contributed by atoms with Gasteiger partial charge in [-0.15, -0.1) is 11.3 Å². The lowest BCUT2D eigenvalue weighted by Crippen LogP contribution is -2.35. The van der Waals surface area contributed by atoms with Crippen molar-refractivity contribution < 1.29 is 0 Å². The molecule has 0 saturated heterocycles. The Hall–Kier alpha value is -0.380. The highest BCUT2D eigenvalue weighted by Gasteiger charge is 2.20. The molecule has 0 atom stereocenters. The Morgan fingerprint density at radius 3 is 2.71 bits per heavy atom. The molecular weight excluding hydrogens is 192 g/mol. The lowest BCUT2D eigenvalue weighted by molar-refractivity contribution is 0.476. The number of rotatable bonds is 6. The highest BCUT2D eigenvalue weighted by Crippen LogP contribution is 2.26. The molecule has 0 aromatic carbocycles. The van der Waals surface area contributed by atoms with Crippen molar-refractivity contribution in [1.82, 2.24) is 10.6 Å². The van der Waals surface area contributed by atoms with Gasteiger partial charge in [0, 0.05) is 29.9 Å². The fraction of sp³-hybridized carbons (Fsp3) is 0.636. The quantitative estimate of drug-likeness (QED) is 0.703. The molecule has 0 spiro atoms. The van der Waals surface area contributed by atoms with E-state index >= 15 is 0 Å². The van der Waals surface area contributed by atoms with Crippen molar-refractivity contribution in [2.75, 3.05) is 26.7 Å². The molecule has 0 aliphatic heterocycles. The second kappa shape index (κ2) is 5.49. The highest BCUT2D eigenvalue weighted by atomic mass is 32.1. The van der Waals surface area contributed by atoms with E-state index in [4.69, 9.17) is 0 Å². The molecule has 0 amide bonds. The molecule has 14 heavy (non-hydrogen) atoms. The molecular formula is C11H20N2S. The van der Waals surface area contributed by atoms with Crippen molar-refractivity contribution >= 4 is 11.3 Å². The van der Waals surface area contributed by atoms with Gasteiger partial charge in [0.25, 0.3) is 0 Å². The van der Waals surface area contributed by atoms with Gasteiger partial charge in [0.1, 0.15) is 0 Å². The summed E-state index contributed by atoms with van der Waals surface area (Å²) in [6.45, 7) is 7.66. The lowest BCUT2D eigenvalue weighted by atomic mass is 9.91. The van der Waals surface area contributed by atoms with Crippen molar-refractivity contribution in [3.63, 3.8) is 0 Å². The van der Waals surface area contributed by atoms with Gasteiger partial charge in [0.05, 0.1) is 0 Å². The van der Waals surface area contributed by atoms with Crippen LogP contribution in [0.25, 0.3) is 0 Å². The summed E-state index contributed by atoms with van der Waals surface area (Å²) >= 11 is 1.84. The van der Waals surface area contributed by atoms with Crippen LogP contribution in [0, 0.1) is 0 Å². The third-order valence-electron chi connectivity index (χ3n) is 2.31. The van der Waals surface area contributed by atoms with E-state index in [1.165, 1.54) is 4.88 Å². The molecule has 0 radical (unpaired) electrons. The predicted molar refractivity (Wildman–Crippen MR) is 64.1 cm³/mol. The molecule has 80 valence electrons. The Morgan fingerprint density at radius 1 is 1.36 bits per heavy atom. The first kappa shape index (κ1) is 11.7. The molecule has 0 saturated carbocycles. The molecule has 0 unspecified atom stereocenters. The molecule has 1 heterocycles. The molecule has 0 aliphatic rings. The van der Waals surface area contributed by atoms with E-state index in [9.17, 15) is 0 Å². The molecule has 2 N–H and O–H groups in total. The zero-order valence-electron chi connectivity index (χ0n) is 9.26.